The molecular weight excluding hydrogens is 334 g/mol. The van der Waals surface area contributed by atoms with Crippen LogP contribution >= 0.6 is 11.8 Å². The Kier molecular flexibility index (Phi) is 9.15. The first-order valence-corrected chi connectivity index (χ1v) is 10.3. The van der Waals surface area contributed by atoms with Gasteiger partial charge in [0.05, 0.1) is 25.9 Å². The van der Waals surface area contributed by atoms with Crippen molar-refractivity contribution in [1.82, 2.24) is 10.6 Å². The maximum Gasteiger partial charge on any atom is 0.191 e. The van der Waals surface area contributed by atoms with Gasteiger partial charge in [0.1, 0.15) is 0 Å². The Hall–Kier alpha value is -1.24. The topological polar surface area (TPSA) is 54.9 Å². The second kappa shape index (κ2) is 11.4. The van der Waals surface area contributed by atoms with Crippen LogP contribution in [0.5, 0.6) is 0 Å². The predicted molar refractivity (Wildman–Crippen MR) is 106 cm³/mol. The molecule has 1 saturated heterocycles. The number of benzene rings is 1. The third kappa shape index (κ3) is 7.26. The lowest BCUT2D eigenvalue weighted by atomic mass is 10.1. The fourth-order valence-electron chi connectivity index (χ4n) is 2.72. The van der Waals surface area contributed by atoms with Gasteiger partial charge in [-0.05, 0) is 50.1 Å². The molecule has 0 radical (unpaired) electrons. The van der Waals surface area contributed by atoms with Gasteiger partial charge in [0.15, 0.2) is 5.96 Å². The first-order chi connectivity index (χ1) is 12.2. The smallest absolute Gasteiger partial charge is 0.191 e. The molecule has 1 aliphatic rings. The highest BCUT2D eigenvalue weighted by Gasteiger charge is 2.14. The number of nitrogens with one attached hydrogen (secondary N) is 2. The van der Waals surface area contributed by atoms with Crippen molar-refractivity contribution in [3.8, 4) is 0 Å². The summed E-state index contributed by atoms with van der Waals surface area (Å²) in [6.07, 6.45) is 4.66. The molecule has 2 rings (SSSR count). The van der Waals surface area contributed by atoms with E-state index in [4.69, 9.17) is 14.5 Å². The molecule has 0 saturated carbocycles. The largest absolute Gasteiger partial charge is 0.377 e. The minimum Gasteiger partial charge on any atom is -0.377 e. The summed E-state index contributed by atoms with van der Waals surface area (Å²) in [5.41, 5.74) is 2.54. The van der Waals surface area contributed by atoms with Gasteiger partial charge in [0.2, 0.25) is 0 Å². The molecule has 140 valence electrons. The summed E-state index contributed by atoms with van der Waals surface area (Å²) >= 11 is 1.77. The molecule has 2 N–H and O–H groups in total. The van der Waals surface area contributed by atoms with E-state index in [2.05, 4.69) is 48.9 Å². The van der Waals surface area contributed by atoms with Gasteiger partial charge in [-0.3, -0.25) is 0 Å². The highest BCUT2D eigenvalue weighted by Crippen LogP contribution is 2.22. The van der Waals surface area contributed by atoms with Gasteiger partial charge < -0.3 is 20.1 Å². The number of rotatable bonds is 9. The molecule has 0 bridgehead atoms. The van der Waals surface area contributed by atoms with Crippen LogP contribution in [0.4, 0.5) is 0 Å². The van der Waals surface area contributed by atoms with Crippen LogP contribution in [0, 0.1) is 6.92 Å². The van der Waals surface area contributed by atoms with E-state index in [0.29, 0.717) is 19.8 Å². The molecule has 1 aliphatic heterocycles. The summed E-state index contributed by atoms with van der Waals surface area (Å²) in [5.74, 6) is 0.829. The van der Waals surface area contributed by atoms with Gasteiger partial charge >= 0.3 is 0 Å². The Bertz CT molecular complexity index is 545. The van der Waals surface area contributed by atoms with Crippen molar-refractivity contribution in [3.05, 3.63) is 29.3 Å². The van der Waals surface area contributed by atoms with Crippen molar-refractivity contribution in [2.24, 2.45) is 4.99 Å². The highest BCUT2D eigenvalue weighted by molar-refractivity contribution is 7.98. The quantitative estimate of drug-likeness (QED) is 0.305. The monoisotopic (exact) mass is 365 g/mol. The van der Waals surface area contributed by atoms with Gasteiger partial charge in [-0.25, -0.2) is 4.99 Å². The van der Waals surface area contributed by atoms with Gasteiger partial charge in [-0.1, -0.05) is 12.1 Å². The molecule has 1 heterocycles. The fraction of sp³-hybridized carbons (Fsp3) is 0.632. The summed E-state index contributed by atoms with van der Waals surface area (Å²) < 4.78 is 11.2. The molecule has 5 nitrogen and oxygen atoms in total. The van der Waals surface area contributed by atoms with Crippen molar-refractivity contribution in [1.29, 1.82) is 0 Å². The van der Waals surface area contributed by atoms with Gasteiger partial charge in [0, 0.05) is 24.6 Å². The lowest BCUT2D eigenvalue weighted by molar-refractivity contribution is 0.0191. The number of aliphatic imine (C=N–C) groups is 1. The lowest BCUT2D eigenvalue weighted by Gasteiger charge is -2.13. The number of guanidine groups is 1. The number of hydrogen-bond acceptors (Lipinski definition) is 4. The van der Waals surface area contributed by atoms with Crippen LogP contribution in [0.3, 0.4) is 0 Å². The Morgan fingerprint density at radius 1 is 1.40 bits per heavy atom. The van der Waals surface area contributed by atoms with Crippen molar-refractivity contribution < 1.29 is 9.47 Å². The second-order valence-corrected chi connectivity index (χ2v) is 7.00. The Balaban J connectivity index is 1.77. The molecule has 1 fully saturated rings. The van der Waals surface area contributed by atoms with E-state index in [-0.39, 0.29) is 6.10 Å². The third-order valence-corrected chi connectivity index (χ3v) is 4.88. The number of ether oxygens (including phenoxy) is 2. The van der Waals surface area contributed by atoms with Crippen LogP contribution in [0.2, 0.25) is 0 Å². The summed E-state index contributed by atoms with van der Waals surface area (Å²) in [5, 5.41) is 6.62. The van der Waals surface area contributed by atoms with E-state index in [1.165, 1.54) is 16.0 Å². The average molecular weight is 366 g/mol. The molecule has 0 spiro atoms. The molecule has 0 aromatic heterocycles. The van der Waals surface area contributed by atoms with Crippen LogP contribution in [-0.2, 0) is 16.0 Å². The highest BCUT2D eigenvalue weighted by atomic mass is 32.2. The summed E-state index contributed by atoms with van der Waals surface area (Å²) in [6, 6.07) is 6.53. The van der Waals surface area contributed by atoms with E-state index < -0.39 is 0 Å². The van der Waals surface area contributed by atoms with Crippen molar-refractivity contribution in [2.75, 3.05) is 39.2 Å². The molecule has 25 heavy (non-hydrogen) atoms. The number of thioether (sulfide) groups is 1. The minimum atomic E-state index is 0.286. The van der Waals surface area contributed by atoms with Crippen molar-refractivity contribution in [2.45, 2.75) is 44.2 Å². The van der Waals surface area contributed by atoms with Crippen LogP contribution in [-0.4, -0.2) is 51.2 Å². The maximum atomic E-state index is 5.68. The Morgan fingerprint density at radius 3 is 3.00 bits per heavy atom. The van der Waals surface area contributed by atoms with Gasteiger partial charge in [-0.2, -0.15) is 0 Å². The summed E-state index contributed by atoms with van der Waals surface area (Å²) in [6.45, 7) is 8.66. The summed E-state index contributed by atoms with van der Waals surface area (Å²) in [7, 11) is 0. The number of nitrogens with zero attached hydrogens (tertiary/aromatic N) is 1. The SMILES string of the molecule is CCNC(=NCc1ccc(C)cc1SC)NCCOCC1CCCO1. The molecular formula is C19H31N3O2S. The summed E-state index contributed by atoms with van der Waals surface area (Å²) in [4.78, 5) is 5.99. The van der Waals surface area contributed by atoms with Crippen LogP contribution in [0.15, 0.2) is 28.1 Å². The molecule has 1 atom stereocenters. The molecule has 1 unspecified atom stereocenters. The standard InChI is InChI=1S/C19H31N3O2S/c1-4-20-19(21-9-11-23-14-17-6-5-10-24-17)22-13-16-8-7-15(2)12-18(16)25-3/h7-8,12,17H,4-6,9-11,13-14H2,1-3H3,(H2,20,21,22). The number of hydrogen-bond donors (Lipinski definition) is 2. The van der Waals surface area contributed by atoms with Crippen LogP contribution in [0.1, 0.15) is 30.9 Å². The van der Waals surface area contributed by atoms with E-state index in [0.717, 1.165) is 38.5 Å². The Morgan fingerprint density at radius 2 is 2.28 bits per heavy atom. The fourth-order valence-corrected chi connectivity index (χ4v) is 3.42. The number of aryl methyl sites for hydroxylation is 1. The zero-order valence-electron chi connectivity index (χ0n) is 15.6. The Labute approximate surface area is 156 Å². The first kappa shape index (κ1) is 20.1. The van der Waals surface area contributed by atoms with Crippen LogP contribution in [0.25, 0.3) is 0 Å². The second-order valence-electron chi connectivity index (χ2n) is 6.15. The van der Waals surface area contributed by atoms with Gasteiger partial charge in [-0.15, -0.1) is 11.8 Å². The molecule has 0 aliphatic carbocycles. The van der Waals surface area contributed by atoms with E-state index in [9.17, 15) is 0 Å². The van der Waals surface area contributed by atoms with E-state index in [1.807, 2.05) is 0 Å². The first-order valence-electron chi connectivity index (χ1n) is 9.08. The zero-order valence-corrected chi connectivity index (χ0v) is 16.5. The molecule has 0 amide bonds. The normalized spacial score (nSPS) is 17.7. The molecule has 1 aromatic rings. The van der Waals surface area contributed by atoms with E-state index in [1.54, 1.807) is 11.8 Å². The zero-order chi connectivity index (χ0) is 17.9. The van der Waals surface area contributed by atoms with Crippen LogP contribution < -0.4 is 10.6 Å². The predicted octanol–water partition coefficient (Wildman–Crippen LogP) is 2.97. The minimum absolute atomic E-state index is 0.286. The molecule has 1 aromatic carbocycles. The van der Waals surface area contributed by atoms with Crippen molar-refractivity contribution in [3.63, 3.8) is 0 Å². The maximum absolute atomic E-state index is 5.68. The third-order valence-electron chi connectivity index (χ3n) is 4.06. The van der Waals surface area contributed by atoms with E-state index >= 15 is 0 Å². The van der Waals surface area contributed by atoms with Gasteiger partial charge in [0.25, 0.3) is 0 Å². The lowest BCUT2D eigenvalue weighted by Crippen LogP contribution is -2.39. The average Bonchev–Trinajstić information content (AvgIpc) is 3.13. The van der Waals surface area contributed by atoms with Crippen molar-refractivity contribution >= 4 is 17.7 Å². The molecule has 6 heteroatoms.